The fourth-order valence-corrected chi connectivity index (χ4v) is 3.19. The summed E-state index contributed by atoms with van der Waals surface area (Å²) in [4.78, 5) is 4.02. The molecule has 0 aliphatic carbocycles. The molecular weight excluding hydrogens is 327 g/mol. The van der Waals surface area contributed by atoms with Crippen LogP contribution in [0.5, 0.6) is 0 Å². The summed E-state index contributed by atoms with van der Waals surface area (Å²) in [5, 5.41) is 3.76. The van der Waals surface area contributed by atoms with Gasteiger partial charge in [-0.1, -0.05) is 17.7 Å². The number of hydrogen-bond donors (Lipinski definition) is 1. The zero-order valence-corrected chi connectivity index (χ0v) is 14.2. The molecule has 0 unspecified atom stereocenters. The van der Waals surface area contributed by atoms with Crippen LogP contribution < -0.4 is 10.2 Å². The van der Waals surface area contributed by atoms with E-state index in [1.165, 1.54) is 0 Å². The number of nitrogens with one attached hydrogen (secondary N) is 1. The summed E-state index contributed by atoms with van der Waals surface area (Å²) in [5.74, 6) is 0. The minimum Gasteiger partial charge on any atom is -0.378 e. The maximum Gasteiger partial charge on any atom is 0.389 e. The van der Waals surface area contributed by atoms with Crippen LogP contribution in [0.3, 0.4) is 0 Å². The molecule has 1 atom stereocenters. The highest BCUT2D eigenvalue weighted by Crippen LogP contribution is 2.36. The first kappa shape index (κ1) is 18.4. The zero-order chi connectivity index (χ0) is 17.0. The van der Waals surface area contributed by atoms with E-state index in [0.29, 0.717) is 5.02 Å². The van der Waals surface area contributed by atoms with Gasteiger partial charge in [0.15, 0.2) is 0 Å². The molecular formula is C16H23ClF3N3. The van der Waals surface area contributed by atoms with Gasteiger partial charge in [0.2, 0.25) is 0 Å². The van der Waals surface area contributed by atoms with Crippen molar-refractivity contribution in [3.8, 4) is 0 Å². The van der Waals surface area contributed by atoms with Gasteiger partial charge in [-0.25, -0.2) is 0 Å². The molecule has 1 aliphatic rings. The second-order valence-corrected chi connectivity index (χ2v) is 6.46. The number of benzene rings is 1. The summed E-state index contributed by atoms with van der Waals surface area (Å²) < 4.78 is 38.1. The van der Waals surface area contributed by atoms with Crippen LogP contribution in [0.1, 0.15) is 24.4 Å². The van der Waals surface area contributed by atoms with Gasteiger partial charge in [0.1, 0.15) is 0 Å². The van der Waals surface area contributed by atoms with E-state index in [2.05, 4.69) is 10.2 Å². The highest BCUT2D eigenvalue weighted by Gasteiger charge is 2.32. The highest BCUT2D eigenvalue weighted by atomic mass is 35.5. The van der Waals surface area contributed by atoms with E-state index >= 15 is 0 Å². The second-order valence-electron chi connectivity index (χ2n) is 6.06. The fourth-order valence-electron chi connectivity index (χ4n) is 2.89. The number of alkyl halides is 3. The Labute approximate surface area is 140 Å². The Morgan fingerprint density at radius 2 is 1.91 bits per heavy atom. The third-order valence-electron chi connectivity index (χ3n) is 4.15. The molecule has 1 aromatic carbocycles. The Morgan fingerprint density at radius 3 is 2.43 bits per heavy atom. The molecule has 1 heterocycles. The lowest BCUT2D eigenvalue weighted by Gasteiger charge is -2.36. The molecule has 23 heavy (non-hydrogen) atoms. The third kappa shape index (κ3) is 5.26. The fraction of sp³-hybridized carbons (Fsp3) is 0.625. The van der Waals surface area contributed by atoms with Crippen molar-refractivity contribution < 1.29 is 13.2 Å². The number of rotatable bonds is 5. The first-order valence-corrected chi connectivity index (χ1v) is 8.14. The molecule has 0 amide bonds. The number of hydrogen-bond acceptors (Lipinski definition) is 3. The number of piperazine rings is 1. The minimum atomic E-state index is -4.15. The topological polar surface area (TPSA) is 18.5 Å². The summed E-state index contributed by atoms with van der Waals surface area (Å²) in [7, 11) is 3.81. The number of halogens is 4. The molecule has 3 nitrogen and oxygen atoms in total. The smallest absolute Gasteiger partial charge is 0.378 e. The van der Waals surface area contributed by atoms with Gasteiger partial charge in [0.05, 0.1) is 0 Å². The molecule has 1 saturated heterocycles. The summed E-state index contributed by atoms with van der Waals surface area (Å²) >= 11 is 6.39. The van der Waals surface area contributed by atoms with Crippen molar-refractivity contribution in [2.24, 2.45) is 0 Å². The van der Waals surface area contributed by atoms with Gasteiger partial charge >= 0.3 is 6.18 Å². The van der Waals surface area contributed by atoms with Crippen molar-refractivity contribution in [2.75, 3.05) is 45.2 Å². The maximum atomic E-state index is 12.7. The number of nitrogens with zero attached hydrogens (tertiary/aromatic N) is 2. The van der Waals surface area contributed by atoms with Crippen LogP contribution in [0.4, 0.5) is 18.9 Å². The van der Waals surface area contributed by atoms with Crippen molar-refractivity contribution in [3.05, 3.63) is 28.8 Å². The molecule has 1 aromatic rings. The van der Waals surface area contributed by atoms with Crippen LogP contribution >= 0.6 is 11.6 Å². The monoisotopic (exact) mass is 349 g/mol. The summed E-state index contributed by atoms with van der Waals surface area (Å²) in [6, 6.07) is 5.28. The van der Waals surface area contributed by atoms with Gasteiger partial charge in [-0.05, 0) is 24.1 Å². The van der Waals surface area contributed by atoms with Crippen LogP contribution in [0, 0.1) is 0 Å². The van der Waals surface area contributed by atoms with E-state index in [0.717, 1.165) is 37.4 Å². The second kappa shape index (κ2) is 7.73. The zero-order valence-electron chi connectivity index (χ0n) is 13.5. The predicted octanol–water partition coefficient (Wildman–Crippen LogP) is 3.69. The predicted molar refractivity (Wildman–Crippen MR) is 88.3 cm³/mol. The Morgan fingerprint density at radius 1 is 1.26 bits per heavy atom. The molecule has 0 bridgehead atoms. The van der Waals surface area contributed by atoms with Gasteiger partial charge in [-0.3, -0.25) is 4.90 Å². The molecule has 7 heteroatoms. The summed E-state index contributed by atoms with van der Waals surface area (Å²) in [6.07, 6.45) is -4.92. The SMILES string of the molecule is CN(C)c1ccc([C@@H](CCC(F)(F)F)N2CCNCC2)c(Cl)c1. The Bertz CT molecular complexity index is 514. The van der Waals surface area contributed by atoms with Gasteiger partial charge in [-0.2, -0.15) is 13.2 Å². The largest absolute Gasteiger partial charge is 0.389 e. The van der Waals surface area contributed by atoms with Crippen LogP contribution in [0.25, 0.3) is 0 Å². The normalized spacial score (nSPS) is 18.0. The molecule has 0 saturated carbocycles. The molecule has 1 N–H and O–H groups in total. The lowest BCUT2D eigenvalue weighted by molar-refractivity contribution is -0.138. The van der Waals surface area contributed by atoms with E-state index in [4.69, 9.17) is 11.6 Å². The van der Waals surface area contributed by atoms with E-state index < -0.39 is 12.6 Å². The summed E-state index contributed by atoms with van der Waals surface area (Å²) in [6.45, 7) is 3.04. The highest BCUT2D eigenvalue weighted by molar-refractivity contribution is 6.31. The average molecular weight is 350 g/mol. The summed E-state index contributed by atoms with van der Waals surface area (Å²) in [5.41, 5.74) is 1.72. The molecule has 0 aromatic heterocycles. The first-order valence-electron chi connectivity index (χ1n) is 7.76. The molecule has 0 radical (unpaired) electrons. The molecule has 0 spiro atoms. The van der Waals surface area contributed by atoms with Crippen molar-refractivity contribution in [1.82, 2.24) is 10.2 Å². The molecule has 1 aliphatic heterocycles. The quantitative estimate of drug-likeness (QED) is 0.874. The van der Waals surface area contributed by atoms with Gasteiger partial charge < -0.3 is 10.2 Å². The van der Waals surface area contributed by atoms with E-state index in [1.54, 1.807) is 0 Å². The minimum absolute atomic E-state index is 0.0323. The molecule has 2 rings (SSSR count). The molecule has 1 fully saturated rings. The Hall–Kier alpha value is -0.980. The Balaban J connectivity index is 2.24. The first-order chi connectivity index (χ1) is 10.8. The van der Waals surface area contributed by atoms with Crippen molar-refractivity contribution >= 4 is 17.3 Å². The van der Waals surface area contributed by atoms with E-state index in [1.807, 2.05) is 37.2 Å². The maximum absolute atomic E-state index is 12.7. The van der Waals surface area contributed by atoms with Crippen LogP contribution in [-0.2, 0) is 0 Å². The number of anilines is 1. The van der Waals surface area contributed by atoms with Gasteiger partial charge in [0.25, 0.3) is 0 Å². The van der Waals surface area contributed by atoms with E-state index in [-0.39, 0.29) is 12.5 Å². The van der Waals surface area contributed by atoms with Crippen molar-refractivity contribution in [2.45, 2.75) is 25.1 Å². The third-order valence-corrected chi connectivity index (χ3v) is 4.48. The lowest BCUT2D eigenvalue weighted by Crippen LogP contribution is -2.45. The average Bonchev–Trinajstić information content (AvgIpc) is 2.48. The lowest BCUT2D eigenvalue weighted by atomic mass is 9.98. The van der Waals surface area contributed by atoms with Crippen molar-refractivity contribution in [3.63, 3.8) is 0 Å². The van der Waals surface area contributed by atoms with E-state index in [9.17, 15) is 13.2 Å². The molecule has 130 valence electrons. The van der Waals surface area contributed by atoms with Crippen molar-refractivity contribution in [1.29, 1.82) is 0 Å². The standard InChI is InChI=1S/C16H23ClF3N3/c1-22(2)12-3-4-13(14(17)11-12)15(5-6-16(18,19)20)23-9-7-21-8-10-23/h3-4,11,15,21H,5-10H2,1-2H3/t15-/m1/s1. The van der Waals surface area contributed by atoms with Gasteiger partial charge in [0, 0.05) is 63.4 Å². The van der Waals surface area contributed by atoms with Crippen LogP contribution in [0.15, 0.2) is 18.2 Å². The van der Waals surface area contributed by atoms with Crippen LogP contribution in [-0.4, -0.2) is 51.4 Å². The Kier molecular flexibility index (Phi) is 6.17. The van der Waals surface area contributed by atoms with Crippen LogP contribution in [0.2, 0.25) is 5.02 Å². The van der Waals surface area contributed by atoms with Gasteiger partial charge in [-0.15, -0.1) is 0 Å².